The molecule has 0 amide bonds. The van der Waals surface area contributed by atoms with Gasteiger partial charge in [-0.3, -0.25) is 0 Å². The molecule has 2 aromatic rings. The van der Waals surface area contributed by atoms with Gasteiger partial charge in [0.2, 0.25) is 0 Å². The lowest BCUT2D eigenvalue weighted by Gasteiger charge is -2.10. The Balaban J connectivity index is 1.95. The average Bonchev–Trinajstić information content (AvgIpc) is 2.43. The summed E-state index contributed by atoms with van der Waals surface area (Å²) < 4.78 is 5.63. The standard InChI is InChI=1S/C17H21NO/c1-3-10-19-17-9-5-8-16(12-17)18-13-15-7-4-6-14(2)11-15/h4-9,11-12,18H,3,10,13H2,1-2H3. The molecule has 100 valence electrons. The summed E-state index contributed by atoms with van der Waals surface area (Å²) in [4.78, 5) is 0. The summed E-state index contributed by atoms with van der Waals surface area (Å²) in [5.41, 5.74) is 3.68. The number of anilines is 1. The molecule has 0 heterocycles. The minimum absolute atomic E-state index is 0.765. The summed E-state index contributed by atoms with van der Waals surface area (Å²) in [5, 5.41) is 3.42. The molecule has 1 N–H and O–H groups in total. The highest BCUT2D eigenvalue weighted by molar-refractivity contribution is 5.48. The second-order valence-corrected chi connectivity index (χ2v) is 4.72. The summed E-state index contributed by atoms with van der Waals surface area (Å²) in [6, 6.07) is 16.7. The molecule has 0 spiro atoms. The topological polar surface area (TPSA) is 21.3 Å². The number of nitrogens with one attached hydrogen (secondary N) is 1. The van der Waals surface area contributed by atoms with E-state index in [9.17, 15) is 0 Å². The number of rotatable bonds is 6. The van der Waals surface area contributed by atoms with Crippen LogP contribution in [-0.2, 0) is 6.54 Å². The molecular formula is C17H21NO. The molecule has 0 saturated heterocycles. The Kier molecular flexibility index (Phi) is 4.85. The van der Waals surface area contributed by atoms with Crippen molar-refractivity contribution >= 4 is 5.69 Å². The van der Waals surface area contributed by atoms with Crippen LogP contribution in [-0.4, -0.2) is 6.61 Å². The highest BCUT2D eigenvalue weighted by Crippen LogP contribution is 2.18. The molecule has 0 radical (unpaired) electrons. The molecule has 0 saturated carbocycles. The zero-order valence-corrected chi connectivity index (χ0v) is 11.6. The van der Waals surface area contributed by atoms with E-state index in [0.29, 0.717) is 0 Å². The van der Waals surface area contributed by atoms with Crippen molar-refractivity contribution in [1.82, 2.24) is 0 Å². The van der Waals surface area contributed by atoms with E-state index in [2.05, 4.69) is 49.5 Å². The van der Waals surface area contributed by atoms with Gasteiger partial charge in [0.15, 0.2) is 0 Å². The van der Waals surface area contributed by atoms with Crippen molar-refractivity contribution in [3.05, 3.63) is 59.7 Å². The minimum Gasteiger partial charge on any atom is -0.494 e. The fourth-order valence-corrected chi connectivity index (χ4v) is 1.94. The second kappa shape index (κ2) is 6.83. The first-order chi connectivity index (χ1) is 9.28. The monoisotopic (exact) mass is 255 g/mol. The third-order valence-electron chi connectivity index (χ3n) is 2.89. The Morgan fingerprint density at radius 3 is 2.68 bits per heavy atom. The van der Waals surface area contributed by atoms with Crippen LogP contribution < -0.4 is 10.1 Å². The number of hydrogen-bond acceptors (Lipinski definition) is 2. The fourth-order valence-electron chi connectivity index (χ4n) is 1.94. The van der Waals surface area contributed by atoms with Crippen LogP contribution >= 0.6 is 0 Å². The van der Waals surface area contributed by atoms with Crippen molar-refractivity contribution in [2.45, 2.75) is 26.8 Å². The first-order valence-electron chi connectivity index (χ1n) is 6.80. The normalized spacial score (nSPS) is 10.2. The third kappa shape index (κ3) is 4.32. The average molecular weight is 255 g/mol. The Bertz CT molecular complexity index is 522. The maximum Gasteiger partial charge on any atom is 0.121 e. The van der Waals surface area contributed by atoms with Crippen molar-refractivity contribution in [3.8, 4) is 5.75 Å². The maximum atomic E-state index is 5.63. The van der Waals surface area contributed by atoms with Crippen LogP contribution in [0.5, 0.6) is 5.75 Å². The number of benzene rings is 2. The molecule has 2 nitrogen and oxygen atoms in total. The zero-order chi connectivity index (χ0) is 13.5. The predicted molar refractivity (Wildman–Crippen MR) is 80.7 cm³/mol. The second-order valence-electron chi connectivity index (χ2n) is 4.72. The molecule has 0 aliphatic heterocycles. The van der Waals surface area contributed by atoms with Crippen LogP contribution in [0.4, 0.5) is 5.69 Å². The van der Waals surface area contributed by atoms with Crippen molar-refractivity contribution in [1.29, 1.82) is 0 Å². The van der Waals surface area contributed by atoms with E-state index < -0.39 is 0 Å². The van der Waals surface area contributed by atoms with Gasteiger partial charge in [0.1, 0.15) is 5.75 Å². The Morgan fingerprint density at radius 2 is 1.89 bits per heavy atom. The van der Waals surface area contributed by atoms with E-state index in [1.807, 2.05) is 18.2 Å². The highest BCUT2D eigenvalue weighted by atomic mass is 16.5. The molecule has 0 aromatic heterocycles. The molecule has 0 aliphatic rings. The largest absolute Gasteiger partial charge is 0.494 e. The summed E-state index contributed by atoms with van der Waals surface area (Å²) in [7, 11) is 0. The van der Waals surface area contributed by atoms with Crippen LogP contribution in [0.3, 0.4) is 0 Å². The van der Waals surface area contributed by atoms with Gasteiger partial charge in [0, 0.05) is 18.3 Å². The third-order valence-corrected chi connectivity index (χ3v) is 2.89. The molecule has 0 aliphatic carbocycles. The van der Waals surface area contributed by atoms with Gasteiger partial charge in [-0.25, -0.2) is 0 Å². The maximum absolute atomic E-state index is 5.63. The molecule has 19 heavy (non-hydrogen) atoms. The zero-order valence-electron chi connectivity index (χ0n) is 11.6. The molecular weight excluding hydrogens is 234 g/mol. The van der Waals surface area contributed by atoms with E-state index in [1.54, 1.807) is 0 Å². The molecule has 0 bridgehead atoms. The minimum atomic E-state index is 0.765. The predicted octanol–water partition coefficient (Wildman–Crippen LogP) is 4.40. The van der Waals surface area contributed by atoms with Crippen LogP contribution in [0.2, 0.25) is 0 Å². The number of hydrogen-bond donors (Lipinski definition) is 1. The van der Waals surface area contributed by atoms with Gasteiger partial charge in [-0.1, -0.05) is 42.8 Å². The van der Waals surface area contributed by atoms with Gasteiger partial charge in [-0.05, 0) is 31.0 Å². The molecule has 0 atom stereocenters. The molecule has 2 aromatic carbocycles. The number of aryl methyl sites for hydroxylation is 1. The lowest BCUT2D eigenvalue weighted by atomic mass is 10.1. The fraction of sp³-hybridized carbons (Fsp3) is 0.294. The first kappa shape index (κ1) is 13.5. The highest BCUT2D eigenvalue weighted by Gasteiger charge is 1.97. The van der Waals surface area contributed by atoms with E-state index in [1.165, 1.54) is 11.1 Å². The summed E-state index contributed by atoms with van der Waals surface area (Å²) >= 11 is 0. The van der Waals surface area contributed by atoms with Crippen molar-refractivity contribution < 1.29 is 4.74 Å². The van der Waals surface area contributed by atoms with Crippen molar-refractivity contribution in [2.75, 3.05) is 11.9 Å². The van der Waals surface area contributed by atoms with Crippen LogP contribution in [0.25, 0.3) is 0 Å². The molecule has 0 fully saturated rings. The SMILES string of the molecule is CCCOc1cccc(NCc2cccc(C)c2)c1. The lowest BCUT2D eigenvalue weighted by molar-refractivity contribution is 0.317. The summed E-state index contributed by atoms with van der Waals surface area (Å²) in [5.74, 6) is 0.927. The molecule has 2 heteroatoms. The number of ether oxygens (including phenoxy) is 1. The van der Waals surface area contributed by atoms with E-state index in [4.69, 9.17) is 4.74 Å². The van der Waals surface area contributed by atoms with Crippen molar-refractivity contribution in [3.63, 3.8) is 0 Å². The van der Waals surface area contributed by atoms with Crippen LogP contribution in [0.1, 0.15) is 24.5 Å². The van der Waals surface area contributed by atoms with Gasteiger partial charge >= 0.3 is 0 Å². The van der Waals surface area contributed by atoms with Gasteiger partial charge < -0.3 is 10.1 Å². The van der Waals surface area contributed by atoms with Gasteiger partial charge in [-0.15, -0.1) is 0 Å². The lowest BCUT2D eigenvalue weighted by Crippen LogP contribution is -2.00. The Labute approximate surface area is 115 Å². The Hall–Kier alpha value is -1.96. The quantitative estimate of drug-likeness (QED) is 0.826. The molecule has 0 unspecified atom stereocenters. The van der Waals surface area contributed by atoms with Crippen LogP contribution in [0.15, 0.2) is 48.5 Å². The smallest absolute Gasteiger partial charge is 0.121 e. The van der Waals surface area contributed by atoms with Gasteiger partial charge in [-0.2, -0.15) is 0 Å². The van der Waals surface area contributed by atoms with Gasteiger partial charge in [0.05, 0.1) is 6.61 Å². The van der Waals surface area contributed by atoms with E-state index >= 15 is 0 Å². The van der Waals surface area contributed by atoms with E-state index in [0.717, 1.165) is 31.0 Å². The Morgan fingerprint density at radius 1 is 1.05 bits per heavy atom. The summed E-state index contributed by atoms with van der Waals surface area (Å²) in [6.45, 7) is 5.82. The van der Waals surface area contributed by atoms with Crippen LogP contribution in [0, 0.1) is 6.92 Å². The first-order valence-corrected chi connectivity index (χ1v) is 6.80. The van der Waals surface area contributed by atoms with Gasteiger partial charge in [0.25, 0.3) is 0 Å². The van der Waals surface area contributed by atoms with Crippen molar-refractivity contribution in [2.24, 2.45) is 0 Å². The summed E-state index contributed by atoms with van der Waals surface area (Å²) in [6.07, 6.45) is 1.03. The molecule has 2 rings (SSSR count). The van der Waals surface area contributed by atoms with E-state index in [-0.39, 0.29) is 0 Å².